The molecule has 1 aromatic heterocycles. The molecule has 0 radical (unpaired) electrons. The number of pyridine rings is 1. The number of amides is 1. The van der Waals surface area contributed by atoms with Crippen molar-refractivity contribution in [3.05, 3.63) is 62.6 Å². The molecule has 34 heavy (non-hydrogen) atoms. The van der Waals surface area contributed by atoms with Gasteiger partial charge < -0.3 is 19.9 Å². The van der Waals surface area contributed by atoms with Gasteiger partial charge >= 0.3 is 0 Å². The zero-order valence-electron chi connectivity index (χ0n) is 19.5. The van der Waals surface area contributed by atoms with Crippen molar-refractivity contribution < 1.29 is 14.1 Å². The molecule has 2 fully saturated rings. The first kappa shape index (κ1) is 21.9. The summed E-state index contributed by atoms with van der Waals surface area (Å²) in [7, 11) is 0.0751. The van der Waals surface area contributed by atoms with Crippen LogP contribution < -0.4 is 5.56 Å². The van der Waals surface area contributed by atoms with Gasteiger partial charge in [0, 0.05) is 41.7 Å². The van der Waals surface area contributed by atoms with E-state index in [9.17, 15) is 18.9 Å². The largest absolute Gasteiger partial charge is 0.508 e. The lowest BCUT2D eigenvalue weighted by Crippen LogP contribution is -2.61. The normalized spacial score (nSPS) is 29.6. The third kappa shape index (κ3) is 3.26. The van der Waals surface area contributed by atoms with Gasteiger partial charge in [-0.1, -0.05) is 6.07 Å². The number of aromatic amines is 1. The van der Waals surface area contributed by atoms with E-state index >= 15 is 0 Å². The van der Waals surface area contributed by atoms with E-state index in [0.717, 1.165) is 37.1 Å². The SMILES string of the molecule is C=S1(=O)CCN(C(=O)c2cc3c([nH]c2=O)C[C@]24CCN(C)[C@H](Cc5ccc(O)cc52)[C@@H]4C3)CC1. The Hall–Kier alpha value is -2.58. The minimum atomic E-state index is -2.11. The average molecular weight is 482 g/mol. The molecule has 2 saturated heterocycles. The summed E-state index contributed by atoms with van der Waals surface area (Å²) in [5.74, 6) is 4.89. The van der Waals surface area contributed by atoms with Crippen LogP contribution in [0.25, 0.3) is 0 Å². The maximum atomic E-state index is 13.2. The Morgan fingerprint density at radius 1 is 1.18 bits per heavy atom. The van der Waals surface area contributed by atoms with E-state index in [4.69, 9.17) is 0 Å². The molecule has 7 nitrogen and oxygen atoms in total. The van der Waals surface area contributed by atoms with Crippen LogP contribution in [0, 0.1) is 5.92 Å². The highest BCUT2D eigenvalue weighted by Gasteiger charge is 2.54. The lowest BCUT2D eigenvalue weighted by atomic mass is 9.52. The van der Waals surface area contributed by atoms with Gasteiger partial charge in [0.1, 0.15) is 11.3 Å². The number of aromatic hydroxyl groups is 1. The van der Waals surface area contributed by atoms with Crippen LogP contribution in [0.3, 0.4) is 0 Å². The predicted molar refractivity (Wildman–Crippen MR) is 133 cm³/mol. The summed E-state index contributed by atoms with van der Waals surface area (Å²) in [5, 5.41) is 10.3. The fraction of sp³-hybridized carbons (Fsp3) is 0.500. The second kappa shape index (κ2) is 7.46. The summed E-state index contributed by atoms with van der Waals surface area (Å²) in [5.41, 5.74) is 4.18. The van der Waals surface area contributed by atoms with E-state index < -0.39 is 9.52 Å². The highest BCUT2D eigenvalue weighted by molar-refractivity contribution is 8.00. The molecule has 3 heterocycles. The molecule has 0 unspecified atom stereocenters. The van der Waals surface area contributed by atoms with E-state index in [1.807, 2.05) is 12.1 Å². The Balaban J connectivity index is 1.39. The quantitative estimate of drug-likeness (QED) is 0.597. The van der Waals surface area contributed by atoms with E-state index in [0.29, 0.717) is 43.0 Å². The van der Waals surface area contributed by atoms with Crippen LogP contribution in [-0.2, 0) is 34.2 Å². The monoisotopic (exact) mass is 481 g/mol. The average Bonchev–Trinajstić information content (AvgIpc) is 2.80. The molecule has 8 heteroatoms. The van der Waals surface area contributed by atoms with Crippen molar-refractivity contribution in [3.63, 3.8) is 0 Å². The van der Waals surface area contributed by atoms with E-state index in [2.05, 4.69) is 28.9 Å². The fourth-order valence-electron chi connectivity index (χ4n) is 6.92. The van der Waals surface area contributed by atoms with Gasteiger partial charge in [-0.15, -0.1) is 0 Å². The molecular weight excluding hydrogens is 450 g/mol. The first-order chi connectivity index (χ1) is 16.2. The van der Waals surface area contributed by atoms with Crippen LogP contribution in [0.15, 0.2) is 29.1 Å². The number of piperidine rings is 1. The first-order valence-electron chi connectivity index (χ1n) is 12.1. The molecule has 0 saturated carbocycles. The van der Waals surface area contributed by atoms with E-state index in [1.165, 1.54) is 11.1 Å². The molecule has 0 spiro atoms. The molecule has 1 amide bonds. The van der Waals surface area contributed by atoms with Crippen LogP contribution >= 0.6 is 0 Å². The number of carbonyl (C=O) groups is 1. The maximum Gasteiger partial charge on any atom is 0.261 e. The number of nitrogens with zero attached hydrogens (tertiary/aromatic N) is 2. The van der Waals surface area contributed by atoms with Crippen molar-refractivity contribution in [2.24, 2.45) is 5.92 Å². The lowest BCUT2D eigenvalue weighted by Gasteiger charge is -2.58. The van der Waals surface area contributed by atoms with Gasteiger partial charge in [-0.2, -0.15) is 0 Å². The number of fused-ring (bicyclic) bond motifs is 2. The summed E-state index contributed by atoms with van der Waals surface area (Å²) in [6.45, 7) is 1.73. The van der Waals surface area contributed by atoms with Gasteiger partial charge in [-0.05, 0) is 95.5 Å². The van der Waals surface area contributed by atoms with Gasteiger partial charge in [0.25, 0.3) is 11.5 Å². The highest BCUT2D eigenvalue weighted by Crippen LogP contribution is 2.54. The third-order valence-corrected chi connectivity index (χ3v) is 10.7. The smallest absolute Gasteiger partial charge is 0.261 e. The van der Waals surface area contributed by atoms with Crippen molar-refractivity contribution >= 4 is 21.3 Å². The fourth-order valence-corrected chi connectivity index (χ4v) is 8.23. The van der Waals surface area contributed by atoms with Crippen molar-refractivity contribution in [2.75, 3.05) is 38.2 Å². The second-order valence-corrected chi connectivity index (χ2v) is 13.4. The summed E-state index contributed by atoms with van der Waals surface area (Å²) in [6.07, 6.45) is 3.43. The Morgan fingerprint density at radius 2 is 1.94 bits per heavy atom. The summed E-state index contributed by atoms with van der Waals surface area (Å²) in [6, 6.07) is 7.96. The Bertz CT molecular complexity index is 1350. The van der Waals surface area contributed by atoms with Crippen LogP contribution in [0.5, 0.6) is 5.75 Å². The molecule has 2 aliphatic heterocycles. The van der Waals surface area contributed by atoms with Crippen LogP contribution in [0.2, 0.25) is 0 Å². The zero-order chi connectivity index (χ0) is 23.8. The summed E-state index contributed by atoms with van der Waals surface area (Å²) < 4.78 is 12.2. The summed E-state index contributed by atoms with van der Waals surface area (Å²) in [4.78, 5) is 33.4. The number of likely N-dealkylation sites (N-methyl/N-ethyl adjacent to an activating group) is 1. The number of H-pyrrole nitrogens is 1. The number of likely N-dealkylation sites (tertiary alicyclic amines) is 1. The zero-order valence-corrected chi connectivity index (χ0v) is 20.3. The number of phenols is 1. The number of aromatic nitrogens is 1. The standard InChI is InChI=1S/C26H31N3O4S/c1-28-6-5-26-15-22-17(12-21(26)23(28)13-16-3-4-18(30)14-20(16)26)11-19(24(31)27-22)25(32)29-7-9-34(2,33)10-8-29/h3-4,11,14,21,23,30H,2,5-10,12-13,15H2,1H3,(H,27,31)/t21-,23+,26+/m0/s1. The number of hydrogen-bond acceptors (Lipinski definition) is 5. The number of benzene rings is 1. The number of hydrogen-bond donors (Lipinski definition) is 2. The van der Waals surface area contributed by atoms with Crippen LogP contribution in [0.1, 0.15) is 39.2 Å². The minimum Gasteiger partial charge on any atom is -0.508 e. The molecule has 2 aliphatic carbocycles. The molecule has 2 N–H and O–H groups in total. The summed E-state index contributed by atoms with van der Waals surface area (Å²) >= 11 is 0. The van der Waals surface area contributed by atoms with Crippen molar-refractivity contribution in [1.29, 1.82) is 0 Å². The number of phenolic OH excluding ortho intramolecular Hbond substituents is 1. The van der Waals surface area contributed by atoms with E-state index in [-0.39, 0.29) is 28.2 Å². The molecule has 4 aliphatic rings. The second-order valence-electron chi connectivity index (χ2n) is 10.7. The van der Waals surface area contributed by atoms with E-state index in [1.54, 1.807) is 11.0 Å². The highest BCUT2D eigenvalue weighted by atomic mass is 32.2. The van der Waals surface area contributed by atoms with Gasteiger partial charge in [-0.25, -0.2) is 0 Å². The van der Waals surface area contributed by atoms with Crippen molar-refractivity contribution in [1.82, 2.24) is 14.8 Å². The molecule has 2 bridgehead atoms. The van der Waals surface area contributed by atoms with Crippen LogP contribution in [0.4, 0.5) is 0 Å². The Labute approximate surface area is 199 Å². The minimum absolute atomic E-state index is 0.119. The van der Waals surface area contributed by atoms with Crippen molar-refractivity contribution in [2.45, 2.75) is 37.1 Å². The number of nitrogens with one attached hydrogen (secondary N) is 1. The molecule has 1 aromatic carbocycles. The molecule has 3 atom stereocenters. The van der Waals surface area contributed by atoms with Gasteiger partial charge in [0.15, 0.2) is 0 Å². The topological polar surface area (TPSA) is 93.7 Å². The first-order valence-corrected chi connectivity index (χ1v) is 14.1. The van der Waals surface area contributed by atoms with Crippen molar-refractivity contribution in [3.8, 4) is 5.75 Å². The Kier molecular flexibility index (Phi) is 4.81. The predicted octanol–water partition coefficient (Wildman–Crippen LogP) is 1.17. The molecule has 6 rings (SSSR count). The maximum absolute atomic E-state index is 13.2. The number of carbonyl (C=O) groups excluding carboxylic acids is 1. The number of rotatable bonds is 1. The molecule has 180 valence electrons. The van der Waals surface area contributed by atoms with Gasteiger partial charge in [0.2, 0.25) is 0 Å². The van der Waals surface area contributed by atoms with Gasteiger partial charge in [-0.3, -0.25) is 13.8 Å². The Morgan fingerprint density at radius 3 is 2.71 bits per heavy atom. The lowest BCUT2D eigenvalue weighted by molar-refractivity contribution is 0.0233. The van der Waals surface area contributed by atoms with Crippen LogP contribution in [-0.4, -0.2) is 80.1 Å². The molecule has 2 aromatic rings. The molecular formula is C26H31N3O4S. The van der Waals surface area contributed by atoms with Gasteiger partial charge in [0.05, 0.1) is 0 Å². The third-order valence-electron chi connectivity index (χ3n) is 8.84.